The molecule has 0 aromatic heterocycles. The molecule has 0 fully saturated rings. The van der Waals surface area contributed by atoms with E-state index in [0.717, 1.165) is 23.1 Å². The van der Waals surface area contributed by atoms with Crippen LogP contribution in [0.4, 0.5) is 23.2 Å². The third-order valence-corrected chi connectivity index (χ3v) is 11.5. The molecule has 1 heterocycles. The predicted molar refractivity (Wildman–Crippen MR) is 288 cm³/mol. The predicted octanol–water partition coefficient (Wildman–Crippen LogP) is 5.70. The number of aliphatic hydroxyl groups excluding tert-OH is 1. The van der Waals surface area contributed by atoms with Crippen LogP contribution in [-0.4, -0.2) is 203 Å². The van der Waals surface area contributed by atoms with Crippen molar-refractivity contribution in [2.24, 2.45) is 10.7 Å². The highest BCUT2D eigenvalue weighted by atomic mass is 32.2. The SMILES string of the molecule is CCCN(OCC)C(=O)C1=Cc2ccc(-c3ccc(C(=O)NCCO)c(OCCOCCOCCOCCOCCOCCOCCOCCOCCOCCOCCC(=O)Oc4c(F)c(F)c(SO)c(F)c4F)c3)cc2N=C(N)C1. The topological polar surface area (TPSA) is 265 Å². The molecule has 3 aromatic rings. The van der Waals surface area contributed by atoms with Gasteiger partial charge in [-0.05, 0) is 48.7 Å². The highest BCUT2D eigenvalue weighted by molar-refractivity contribution is 7.93. The van der Waals surface area contributed by atoms with Gasteiger partial charge in [0.25, 0.3) is 11.8 Å². The Labute approximate surface area is 472 Å². The van der Waals surface area contributed by atoms with Crippen molar-refractivity contribution in [1.29, 1.82) is 0 Å². The van der Waals surface area contributed by atoms with E-state index < -0.39 is 64.3 Å². The number of rotatable bonds is 45. The molecular weight excluding hydrogens is 1100 g/mol. The van der Waals surface area contributed by atoms with Crippen LogP contribution in [0.25, 0.3) is 17.2 Å². The quantitative estimate of drug-likeness (QED) is 0.0100. The minimum Gasteiger partial charge on any atom is -0.490 e. The van der Waals surface area contributed by atoms with Crippen LogP contribution in [0.5, 0.6) is 11.5 Å². The number of nitrogens with one attached hydrogen (secondary N) is 1. The number of ether oxygens (including phenoxy) is 12. The van der Waals surface area contributed by atoms with Gasteiger partial charge in [-0.2, -0.15) is 8.78 Å². The molecule has 0 saturated heterocycles. The first-order valence-corrected chi connectivity index (χ1v) is 27.1. The number of benzene rings is 3. The fraction of sp³-hybridized carbons (Fsp3) is 0.556. The van der Waals surface area contributed by atoms with Crippen LogP contribution >= 0.6 is 12.0 Å². The number of hydroxylamine groups is 2. The summed E-state index contributed by atoms with van der Waals surface area (Å²) in [6.07, 6.45) is 2.22. The van der Waals surface area contributed by atoms with Crippen molar-refractivity contribution in [2.45, 2.75) is 38.0 Å². The Bertz CT molecular complexity index is 2390. The molecule has 0 spiro atoms. The highest BCUT2D eigenvalue weighted by Crippen LogP contribution is 2.36. The lowest BCUT2D eigenvalue weighted by Crippen LogP contribution is -2.34. The Kier molecular flexibility index (Phi) is 34.3. The molecule has 1 aliphatic heterocycles. The summed E-state index contributed by atoms with van der Waals surface area (Å²) in [6.45, 7) is 10.6. The van der Waals surface area contributed by atoms with Crippen LogP contribution < -0.4 is 20.5 Å². The number of nitrogens with two attached hydrogens (primary N) is 1. The van der Waals surface area contributed by atoms with Gasteiger partial charge < -0.3 is 77.6 Å². The van der Waals surface area contributed by atoms with E-state index in [1.54, 1.807) is 24.3 Å². The zero-order valence-electron chi connectivity index (χ0n) is 45.7. The molecule has 5 N–H and O–H groups in total. The average molecular weight is 1180 g/mol. The first-order valence-electron chi connectivity index (χ1n) is 26.4. The van der Waals surface area contributed by atoms with Gasteiger partial charge in [0.2, 0.25) is 17.4 Å². The molecule has 0 bridgehead atoms. The molecule has 1 aliphatic rings. The summed E-state index contributed by atoms with van der Waals surface area (Å²) in [7, 11) is 0. The number of amides is 2. The summed E-state index contributed by atoms with van der Waals surface area (Å²) in [6, 6.07) is 10.8. The van der Waals surface area contributed by atoms with Crippen molar-refractivity contribution in [3.63, 3.8) is 0 Å². The monoisotopic (exact) mass is 1170 g/mol. The molecule has 81 heavy (non-hydrogen) atoms. The number of aliphatic hydroxyl groups is 1. The molecule has 0 saturated carbocycles. The van der Waals surface area contributed by atoms with E-state index >= 15 is 0 Å². The van der Waals surface area contributed by atoms with Gasteiger partial charge in [0.15, 0.2) is 11.6 Å². The van der Waals surface area contributed by atoms with E-state index in [9.17, 15) is 37.1 Å². The lowest BCUT2D eigenvalue weighted by Gasteiger charge is -2.21. The number of hydrogen-bond donors (Lipinski definition) is 4. The number of carbonyl (C=O) groups excluding carboxylic acids is 3. The fourth-order valence-electron chi connectivity index (χ4n) is 7.10. The van der Waals surface area contributed by atoms with Crippen LogP contribution in [-0.2, 0) is 61.8 Å². The molecule has 3 aromatic carbocycles. The summed E-state index contributed by atoms with van der Waals surface area (Å²) in [5.74, 6) is -10.5. The third-order valence-electron chi connectivity index (χ3n) is 10.9. The van der Waals surface area contributed by atoms with Gasteiger partial charge in [-0.15, -0.1) is 0 Å². The van der Waals surface area contributed by atoms with Crippen molar-refractivity contribution >= 4 is 47.4 Å². The number of fused-ring (bicyclic) bond motifs is 1. The Morgan fingerprint density at radius 1 is 0.654 bits per heavy atom. The lowest BCUT2D eigenvalue weighted by atomic mass is 9.99. The molecule has 452 valence electrons. The van der Waals surface area contributed by atoms with Gasteiger partial charge in [0.1, 0.15) is 23.1 Å². The third kappa shape index (κ3) is 25.3. The second-order valence-corrected chi connectivity index (χ2v) is 17.5. The maximum Gasteiger partial charge on any atom is 0.313 e. The zero-order chi connectivity index (χ0) is 58.5. The second-order valence-electron chi connectivity index (χ2n) is 16.9. The minimum absolute atomic E-state index is 0.0783. The highest BCUT2D eigenvalue weighted by Gasteiger charge is 2.29. The van der Waals surface area contributed by atoms with Crippen LogP contribution in [0.2, 0.25) is 0 Å². The van der Waals surface area contributed by atoms with Crippen molar-refractivity contribution in [2.75, 3.05) is 165 Å². The first kappa shape index (κ1) is 68.1. The van der Waals surface area contributed by atoms with Crippen LogP contribution in [0.3, 0.4) is 0 Å². The normalized spacial score (nSPS) is 12.2. The Hall–Kier alpha value is -5.37. The number of halogens is 4. The summed E-state index contributed by atoms with van der Waals surface area (Å²) in [5.41, 5.74) is 9.89. The number of esters is 1. The van der Waals surface area contributed by atoms with Gasteiger partial charge >= 0.3 is 5.97 Å². The van der Waals surface area contributed by atoms with E-state index in [1.165, 1.54) is 5.06 Å². The molecule has 0 radical (unpaired) electrons. The van der Waals surface area contributed by atoms with Gasteiger partial charge in [0.05, 0.1) is 163 Å². The molecule has 0 aliphatic carbocycles. The maximum atomic E-state index is 13.9. The molecular formula is C54H74F4N4O18S. The smallest absolute Gasteiger partial charge is 0.313 e. The van der Waals surface area contributed by atoms with Crippen LogP contribution in [0.15, 0.2) is 51.9 Å². The van der Waals surface area contributed by atoms with E-state index in [1.807, 2.05) is 32.0 Å². The molecule has 27 heteroatoms. The Balaban J connectivity index is 0.934. The Morgan fingerprint density at radius 2 is 1.12 bits per heavy atom. The van der Waals surface area contributed by atoms with E-state index in [-0.39, 0.29) is 71.0 Å². The maximum absolute atomic E-state index is 13.9. The van der Waals surface area contributed by atoms with Crippen molar-refractivity contribution in [3.8, 4) is 22.6 Å². The number of carbonyl (C=O) groups is 3. The van der Waals surface area contributed by atoms with E-state index in [0.29, 0.717) is 135 Å². The summed E-state index contributed by atoms with van der Waals surface area (Å²) in [5, 5.41) is 13.3. The standard InChI is InChI=1S/C54H74F4N4O18S/c1-3-11-62(79-4-2)54(66)41-34-40-6-5-38(35-43(40)61-45(59)37-41)39-7-8-42(53(65)60-10-12-63)44(36-39)78-33-32-77-31-30-76-29-28-75-27-26-74-25-24-73-23-22-72-21-20-71-19-18-70-17-16-69-15-14-68-13-9-46(64)80-51-47(55)49(57)52(81-67)50(58)48(51)56/h5-8,34-36,63,67H,3-4,9-33,37H2,1-2H3,(H2,59,61)(H,60,65). The molecule has 0 atom stereocenters. The van der Waals surface area contributed by atoms with Crippen LogP contribution in [0.1, 0.15) is 49.0 Å². The largest absolute Gasteiger partial charge is 0.490 e. The molecule has 22 nitrogen and oxygen atoms in total. The zero-order valence-corrected chi connectivity index (χ0v) is 46.5. The summed E-state index contributed by atoms with van der Waals surface area (Å²) in [4.78, 5) is 47.0. The van der Waals surface area contributed by atoms with Crippen molar-refractivity contribution < 1.29 is 103 Å². The Morgan fingerprint density at radius 3 is 1.59 bits per heavy atom. The van der Waals surface area contributed by atoms with Gasteiger partial charge in [-0.25, -0.2) is 18.8 Å². The van der Waals surface area contributed by atoms with E-state index in [2.05, 4.69) is 15.0 Å². The first-order chi connectivity index (χ1) is 39.4. The summed E-state index contributed by atoms with van der Waals surface area (Å²) >= 11 is -0.523. The summed E-state index contributed by atoms with van der Waals surface area (Å²) < 4.78 is 129. The average Bonchev–Trinajstić information content (AvgIpc) is 3.85. The lowest BCUT2D eigenvalue weighted by molar-refractivity contribution is -0.180. The van der Waals surface area contributed by atoms with Crippen molar-refractivity contribution in [1.82, 2.24) is 10.4 Å². The van der Waals surface area contributed by atoms with E-state index in [4.69, 9.17) is 67.2 Å². The minimum atomic E-state index is -1.95. The van der Waals surface area contributed by atoms with Gasteiger partial charge in [-0.3, -0.25) is 19.2 Å². The molecule has 2 amide bonds. The van der Waals surface area contributed by atoms with Crippen LogP contribution in [0, 0.1) is 23.3 Å². The second kappa shape index (κ2) is 40.8. The molecule has 0 unspecified atom stereocenters. The van der Waals surface area contributed by atoms with Gasteiger partial charge in [-0.1, -0.05) is 25.1 Å². The molecule has 4 rings (SSSR count). The fourth-order valence-corrected chi connectivity index (χ4v) is 7.44. The van der Waals surface area contributed by atoms with Gasteiger partial charge in [0, 0.05) is 42.7 Å². The number of amidine groups is 1. The van der Waals surface area contributed by atoms with Crippen molar-refractivity contribution in [3.05, 3.63) is 76.4 Å². The number of aliphatic imine (C=N–C) groups is 1. The number of nitrogens with zero attached hydrogens (tertiary/aromatic N) is 2. The number of hydrogen-bond acceptors (Lipinski definition) is 21.